The molecule has 0 saturated carbocycles. The third kappa shape index (κ3) is 6.39. The third-order valence-electron chi connectivity index (χ3n) is 4.67. The summed E-state index contributed by atoms with van der Waals surface area (Å²) in [4.78, 5) is 11.6. The second-order valence-electron chi connectivity index (χ2n) is 6.80. The third-order valence-corrected chi connectivity index (χ3v) is 4.67. The fourth-order valence-electron chi connectivity index (χ4n) is 3.21. The van der Waals surface area contributed by atoms with Gasteiger partial charge in [-0.15, -0.1) is 12.4 Å². The minimum Gasteiger partial charge on any atom is -0.490 e. The van der Waals surface area contributed by atoms with Crippen LogP contribution in [0, 0.1) is 5.41 Å². The van der Waals surface area contributed by atoms with Crippen LogP contribution in [-0.4, -0.2) is 31.2 Å². The van der Waals surface area contributed by atoms with Crippen molar-refractivity contribution in [2.75, 3.05) is 13.2 Å². The van der Waals surface area contributed by atoms with E-state index in [0.29, 0.717) is 19.8 Å². The lowest BCUT2D eigenvalue weighted by atomic mass is 10.0. The average molecular weight is 434 g/mol. The fraction of sp³-hybridized carbons (Fsp3) is 0.391. The smallest absolute Gasteiger partial charge is 0.309 e. The van der Waals surface area contributed by atoms with Gasteiger partial charge in [-0.1, -0.05) is 12.1 Å². The first-order chi connectivity index (χ1) is 14.1. The first kappa shape index (κ1) is 23.5. The standard InChI is InChI=1S/C23H27NO5.ClH/c1-3-26-22(25)14-20-10-9-18-13-19(11-12-21(18)29-20)28-15-16-5-7-17(8-6-16)23(24)27-4-2;/h5-8,11-13,20,24H,3-4,9-10,14-15H2,1-2H3;1H. The Morgan fingerprint density at radius 2 is 1.83 bits per heavy atom. The molecule has 0 bridgehead atoms. The van der Waals surface area contributed by atoms with E-state index < -0.39 is 0 Å². The van der Waals surface area contributed by atoms with Crippen LogP contribution in [0.25, 0.3) is 0 Å². The maximum atomic E-state index is 11.6. The molecule has 1 heterocycles. The number of carbonyl (C=O) groups excluding carboxylic acids is 1. The summed E-state index contributed by atoms with van der Waals surface area (Å²) in [6.45, 7) is 4.97. The molecule has 0 radical (unpaired) electrons. The predicted octanol–water partition coefficient (Wildman–Crippen LogP) is 4.70. The molecule has 1 N–H and O–H groups in total. The van der Waals surface area contributed by atoms with E-state index >= 15 is 0 Å². The topological polar surface area (TPSA) is 77.8 Å². The molecule has 0 spiro atoms. The van der Waals surface area contributed by atoms with Gasteiger partial charge in [-0.25, -0.2) is 0 Å². The lowest BCUT2D eigenvalue weighted by Crippen LogP contribution is -2.26. The number of carbonyl (C=O) groups is 1. The number of esters is 1. The zero-order valence-corrected chi connectivity index (χ0v) is 18.1. The maximum Gasteiger partial charge on any atom is 0.309 e. The highest BCUT2D eigenvalue weighted by molar-refractivity contribution is 5.91. The van der Waals surface area contributed by atoms with Gasteiger partial charge in [-0.05, 0) is 68.1 Å². The number of hydrogen-bond acceptors (Lipinski definition) is 6. The van der Waals surface area contributed by atoms with E-state index in [4.69, 9.17) is 24.4 Å². The number of hydrogen-bond donors (Lipinski definition) is 1. The molecule has 0 saturated heterocycles. The molecule has 1 unspecified atom stereocenters. The Labute approximate surface area is 183 Å². The molecular formula is C23H28ClNO5. The van der Waals surface area contributed by atoms with Gasteiger partial charge in [0.25, 0.3) is 0 Å². The second-order valence-corrected chi connectivity index (χ2v) is 6.80. The molecule has 1 aliphatic heterocycles. The van der Waals surface area contributed by atoms with Crippen LogP contribution in [0.1, 0.15) is 43.4 Å². The highest BCUT2D eigenvalue weighted by Gasteiger charge is 2.23. The number of aryl methyl sites for hydroxylation is 1. The van der Waals surface area contributed by atoms with Crippen LogP contribution in [0.2, 0.25) is 0 Å². The molecule has 0 amide bonds. The van der Waals surface area contributed by atoms with Crippen LogP contribution < -0.4 is 9.47 Å². The fourth-order valence-corrected chi connectivity index (χ4v) is 3.21. The summed E-state index contributed by atoms with van der Waals surface area (Å²) in [5.41, 5.74) is 2.85. The lowest BCUT2D eigenvalue weighted by Gasteiger charge is -2.26. The molecule has 0 aromatic heterocycles. The Morgan fingerprint density at radius 1 is 1.10 bits per heavy atom. The van der Waals surface area contributed by atoms with Gasteiger partial charge >= 0.3 is 5.97 Å². The van der Waals surface area contributed by atoms with E-state index in [0.717, 1.165) is 41.0 Å². The van der Waals surface area contributed by atoms with Crippen molar-refractivity contribution in [1.29, 1.82) is 5.41 Å². The van der Waals surface area contributed by atoms with E-state index in [1.54, 1.807) is 6.92 Å². The molecule has 2 aromatic rings. The molecule has 1 aliphatic rings. The Kier molecular flexibility index (Phi) is 8.99. The number of fused-ring (bicyclic) bond motifs is 1. The van der Waals surface area contributed by atoms with Crippen molar-refractivity contribution in [3.8, 4) is 11.5 Å². The summed E-state index contributed by atoms with van der Waals surface area (Å²) in [5, 5.41) is 7.81. The number of nitrogens with one attached hydrogen (secondary N) is 1. The molecule has 0 aliphatic carbocycles. The molecule has 6 nitrogen and oxygen atoms in total. The van der Waals surface area contributed by atoms with Crippen molar-refractivity contribution < 1.29 is 23.7 Å². The van der Waals surface area contributed by atoms with Crippen molar-refractivity contribution >= 4 is 24.3 Å². The van der Waals surface area contributed by atoms with E-state index in [1.165, 1.54) is 0 Å². The summed E-state index contributed by atoms with van der Waals surface area (Å²) in [5.74, 6) is 1.54. The second kappa shape index (κ2) is 11.5. The predicted molar refractivity (Wildman–Crippen MR) is 117 cm³/mol. The van der Waals surface area contributed by atoms with Crippen LogP contribution in [-0.2, 0) is 27.3 Å². The summed E-state index contributed by atoms with van der Waals surface area (Å²) < 4.78 is 22.1. The Balaban J connectivity index is 0.00000320. The SMILES string of the molecule is CCOC(=N)c1ccc(COc2ccc3c(c2)CCC(CC(=O)OCC)O3)cc1.Cl. The Morgan fingerprint density at radius 3 is 2.53 bits per heavy atom. The number of ether oxygens (including phenoxy) is 4. The van der Waals surface area contributed by atoms with Crippen molar-refractivity contribution in [3.63, 3.8) is 0 Å². The van der Waals surface area contributed by atoms with Gasteiger partial charge in [0.15, 0.2) is 0 Å². The van der Waals surface area contributed by atoms with Crippen LogP contribution in [0.5, 0.6) is 11.5 Å². The number of rotatable bonds is 8. The highest BCUT2D eigenvalue weighted by atomic mass is 35.5. The normalized spacial score (nSPS) is 14.5. The Hall–Kier alpha value is -2.73. The van der Waals surface area contributed by atoms with Gasteiger partial charge < -0.3 is 18.9 Å². The summed E-state index contributed by atoms with van der Waals surface area (Å²) in [6.07, 6.45) is 1.76. The van der Waals surface area contributed by atoms with E-state index in [-0.39, 0.29) is 36.8 Å². The monoisotopic (exact) mass is 433 g/mol. The molecule has 162 valence electrons. The molecule has 0 fully saturated rings. The zero-order chi connectivity index (χ0) is 20.6. The molecule has 7 heteroatoms. The molecule has 1 atom stereocenters. The largest absolute Gasteiger partial charge is 0.490 e. The molecule has 30 heavy (non-hydrogen) atoms. The summed E-state index contributed by atoms with van der Waals surface area (Å²) in [7, 11) is 0. The maximum absolute atomic E-state index is 11.6. The number of halogens is 1. The molecular weight excluding hydrogens is 406 g/mol. The van der Waals surface area contributed by atoms with Crippen LogP contribution >= 0.6 is 12.4 Å². The van der Waals surface area contributed by atoms with Crippen LogP contribution in [0.4, 0.5) is 0 Å². The van der Waals surface area contributed by atoms with E-state index in [9.17, 15) is 4.79 Å². The minimum atomic E-state index is -0.219. The van der Waals surface area contributed by atoms with E-state index in [1.807, 2.05) is 49.4 Å². The Bertz CT molecular complexity index is 853. The lowest BCUT2D eigenvalue weighted by molar-refractivity contribution is -0.145. The van der Waals surface area contributed by atoms with Gasteiger partial charge in [-0.3, -0.25) is 10.2 Å². The zero-order valence-electron chi connectivity index (χ0n) is 17.3. The van der Waals surface area contributed by atoms with Gasteiger partial charge in [0.05, 0.1) is 19.6 Å². The van der Waals surface area contributed by atoms with Gasteiger partial charge in [-0.2, -0.15) is 0 Å². The average Bonchev–Trinajstić information content (AvgIpc) is 2.73. The van der Waals surface area contributed by atoms with Crippen molar-refractivity contribution in [2.45, 2.75) is 45.8 Å². The van der Waals surface area contributed by atoms with Gasteiger partial charge in [0.2, 0.25) is 5.90 Å². The van der Waals surface area contributed by atoms with Crippen LogP contribution in [0.15, 0.2) is 42.5 Å². The molecule has 3 rings (SSSR count). The quantitative estimate of drug-likeness (QED) is 0.371. The van der Waals surface area contributed by atoms with E-state index in [2.05, 4.69) is 0 Å². The van der Waals surface area contributed by atoms with Crippen molar-refractivity contribution in [3.05, 3.63) is 59.2 Å². The summed E-state index contributed by atoms with van der Waals surface area (Å²) in [6, 6.07) is 13.4. The van der Waals surface area contributed by atoms with Crippen LogP contribution in [0.3, 0.4) is 0 Å². The van der Waals surface area contributed by atoms with Crippen molar-refractivity contribution in [2.24, 2.45) is 0 Å². The van der Waals surface area contributed by atoms with Crippen molar-refractivity contribution in [1.82, 2.24) is 0 Å². The minimum absolute atomic E-state index is 0. The number of benzene rings is 2. The summed E-state index contributed by atoms with van der Waals surface area (Å²) >= 11 is 0. The first-order valence-corrected chi connectivity index (χ1v) is 9.97. The highest BCUT2D eigenvalue weighted by Crippen LogP contribution is 2.32. The van der Waals surface area contributed by atoms with Gasteiger partial charge in [0, 0.05) is 5.56 Å². The van der Waals surface area contributed by atoms with Gasteiger partial charge in [0.1, 0.15) is 24.2 Å². The molecule has 2 aromatic carbocycles. The first-order valence-electron chi connectivity index (χ1n) is 9.97.